The number of hydrogen-bond donors (Lipinski definition) is 1. The lowest BCUT2D eigenvalue weighted by Gasteiger charge is -2.36. The van der Waals surface area contributed by atoms with E-state index in [1.54, 1.807) is 21.1 Å². The standard InChI is InChI=1S/C26H34N4O6S/c1-18-23(25(32)36-15-14-33-2)24(20-6-4-5-7-21(20)34-3)30-19(17-37-26(30)28-18)16-22(31)27-8-9-29-10-12-35-13-11-29/h4-7,17,24H,8-16H2,1-3H3,(H,27,31). The van der Waals surface area contributed by atoms with Crippen LogP contribution in [0.2, 0.25) is 0 Å². The molecule has 0 aliphatic carbocycles. The average Bonchev–Trinajstić information content (AvgIpc) is 3.30. The van der Waals surface area contributed by atoms with Crippen LogP contribution in [0.5, 0.6) is 5.75 Å². The molecule has 200 valence electrons. The average molecular weight is 531 g/mol. The SMILES string of the molecule is COCCOC(=O)C1=C(C)N=C2SC=C(CC(=O)NCCN3CCOCC3)N2C1c1ccccc1OC. The normalized spacial score (nSPS) is 19.8. The third kappa shape index (κ3) is 6.53. The van der Waals surface area contributed by atoms with Crippen LogP contribution in [0, 0.1) is 0 Å². The van der Waals surface area contributed by atoms with Crippen LogP contribution in [-0.2, 0) is 23.8 Å². The molecule has 0 saturated carbocycles. The fourth-order valence-electron chi connectivity index (χ4n) is 4.52. The Morgan fingerprint density at radius 1 is 1.19 bits per heavy atom. The van der Waals surface area contributed by atoms with Gasteiger partial charge in [-0.3, -0.25) is 9.69 Å². The van der Waals surface area contributed by atoms with E-state index in [1.165, 1.54) is 11.8 Å². The van der Waals surface area contributed by atoms with Gasteiger partial charge in [-0.1, -0.05) is 30.0 Å². The molecule has 37 heavy (non-hydrogen) atoms. The summed E-state index contributed by atoms with van der Waals surface area (Å²) in [7, 11) is 3.15. The topological polar surface area (TPSA) is 102 Å². The van der Waals surface area contributed by atoms with E-state index in [2.05, 4.69) is 10.2 Å². The van der Waals surface area contributed by atoms with Crippen molar-refractivity contribution in [1.29, 1.82) is 0 Å². The van der Waals surface area contributed by atoms with Crippen LogP contribution in [0.1, 0.15) is 24.9 Å². The van der Waals surface area contributed by atoms with Gasteiger partial charge in [0.1, 0.15) is 12.4 Å². The number of allylic oxidation sites excluding steroid dienone is 1. The zero-order valence-electron chi connectivity index (χ0n) is 21.5. The highest BCUT2D eigenvalue weighted by atomic mass is 32.2. The van der Waals surface area contributed by atoms with E-state index in [1.807, 2.05) is 34.6 Å². The van der Waals surface area contributed by atoms with Crippen molar-refractivity contribution in [2.24, 2.45) is 4.99 Å². The molecule has 1 fully saturated rings. The van der Waals surface area contributed by atoms with Gasteiger partial charge in [0.15, 0.2) is 5.17 Å². The molecule has 1 aromatic carbocycles. The smallest absolute Gasteiger partial charge is 0.338 e. The van der Waals surface area contributed by atoms with E-state index in [0.717, 1.165) is 44.1 Å². The van der Waals surface area contributed by atoms with Crippen molar-refractivity contribution in [3.05, 3.63) is 52.2 Å². The largest absolute Gasteiger partial charge is 0.496 e. The second-order valence-electron chi connectivity index (χ2n) is 8.74. The molecule has 4 rings (SSSR count). The summed E-state index contributed by atoms with van der Waals surface area (Å²) < 4.78 is 21.6. The van der Waals surface area contributed by atoms with Crippen LogP contribution < -0.4 is 10.1 Å². The highest BCUT2D eigenvalue weighted by molar-refractivity contribution is 8.16. The molecule has 3 aliphatic heterocycles. The number of amides is 1. The van der Waals surface area contributed by atoms with E-state index in [-0.39, 0.29) is 18.9 Å². The summed E-state index contributed by atoms with van der Waals surface area (Å²) in [6.07, 6.45) is 0.159. The number of carbonyl (C=O) groups excluding carboxylic acids is 2. The quantitative estimate of drug-likeness (QED) is 0.341. The zero-order valence-corrected chi connectivity index (χ0v) is 22.3. The summed E-state index contributed by atoms with van der Waals surface area (Å²) in [6, 6.07) is 7.00. The summed E-state index contributed by atoms with van der Waals surface area (Å²) in [6.45, 7) is 6.77. The number of thioether (sulfide) groups is 1. The number of amidine groups is 1. The maximum atomic E-state index is 13.3. The van der Waals surface area contributed by atoms with Gasteiger partial charge in [0.2, 0.25) is 5.91 Å². The van der Waals surface area contributed by atoms with Crippen LogP contribution >= 0.6 is 11.8 Å². The fraction of sp³-hybridized carbons (Fsp3) is 0.500. The lowest BCUT2D eigenvalue weighted by atomic mass is 9.93. The van der Waals surface area contributed by atoms with Crippen molar-refractivity contribution in [3.63, 3.8) is 0 Å². The van der Waals surface area contributed by atoms with E-state index in [9.17, 15) is 9.59 Å². The van der Waals surface area contributed by atoms with Crippen LogP contribution in [-0.4, -0.2) is 93.7 Å². The van der Waals surface area contributed by atoms with Crippen molar-refractivity contribution in [2.75, 3.05) is 66.8 Å². The zero-order chi connectivity index (χ0) is 26.2. The van der Waals surface area contributed by atoms with Gasteiger partial charge >= 0.3 is 5.97 Å². The van der Waals surface area contributed by atoms with Gasteiger partial charge in [-0.25, -0.2) is 9.79 Å². The van der Waals surface area contributed by atoms with E-state index in [4.69, 9.17) is 23.9 Å². The molecular weight excluding hydrogens is 496 g/mol. The van der Waals surface area contributed by atoms with Gasteiger partial charge in [-0.2, -0.15) is 0 Å². The van der Waals surface area contributed by atoms with E-state index < -0.39 is 12.0 Å². The predicted octanol–water partition coefficient (Wildman–Crippen LogP) is 2.30. The Balaban J connectivity index is 1.54. The molecule has 1 saturated heterocycles. The number of methoxy groups -OCH3 is 2. The predicted molar refractivity (Wildman–Crippen MR) is 141 cm³/mol. The third-order valence-electron chi connectivity index (χ3n) is 6.37. The highest BCUT2D eigenvalue weighted by Gasteiger charge is 2.42. The third-order valence-corrected chi connectivity index (χ3v) is 7.26. The number of hydrogen-bond acceptors (Lipinski definition) is 10. The summed E-state index contributed by atoms with van der Waals surface area (Å²) >= 11 is 1.44. The molecule has 11 heteroatoms. The number of fused-ring (bicyclic) bond motifs is 1. The number of rotatable bonds is 11. The molecule has 0 aromatic heterocycles. The summed E-state index contributed by atoms with van der Waals surface area (Å²) in [5, 5.41) is 5.66. The number of benzene rings is 1. The van der Waals surface area contributed by atoms with Crippen molar-refractivity contribution in [1.82, 2.24) is 15.1 Å². The first-order valence-corrected chi connectivity index (χ1v) is 13.2. The first-order valence-electron chi connectivity index (χ1n) is 12.3. The van der Waals surface area contributed by atoms with Gasteiger partial charge in [0.25, 0.3) is 0 Å². The number of nitrogens with zero attached hydrogens (tertiary/aromatic N) is 3. The number of carbonyl (C=O) groups is 2. The molecule has 0 radical (unpaired) electrons. The Hall–Kier alpha value is -2.86. The van der Waals surface area contributed by atoms with Crippen molar-refractivity contribution >= 4 is 28.8 Å². The van der Waals surface area contributed by atoms with Gasteiger partial charge in [-0.05, 0) is 18.4 Å². The molecule has 1 amide bonds. The van der Waals surface area contributed by atoms with Crippen LogP contribution in [0.3, 0.4) is 0 Å². The lowest BCUT2D eigenvalue weighted by molar-refractivity contribution is -0.141. The number of morpholine rings is 1. The van der Waals surface area contributed by atoms with Gasteiger partial charge in [0.05, 0.1) is 50.7 Å². The molecule has 1 unspecified atom stereocenters. The van der Waals surface area contributed by atoms with Crippen molar-refractivity contribution in [2.45, 2.75) is 19.4 Å². The molecule has 0 spiro atoms. The molecule has 1 atom stereocenters. The van der Waals surface area contributed by atoms with Crippen LogP contribution in [0.25, 0.3) is 0 Å². The van der Waals surface area contributed by atoms with Crippen LogP contribution in [0.4, 0.5) is 0 Å². The van der Waals surface area contributed by atoms with E-state index in [0.29, 0.717) is 35.3 Å². The first-order chi connectivity index (χ1) is 18.0. The Labute approximate surface area is 221 Å². The number of para-hydroxylation sites is 1. The fourth-order valence-corrected chi connectivity index (χ4v) is 5.48. The molecule has 1 aromatic rings. The minimum atomic E-state index is -0.555. The monoisotopic (exact) mass is 530 g/mol. The van der Waals surface area contributed by atoms with Crippen LogP contribution in [0.15, 0.2) is 51.6 Å². The second kappa shape index (κ2) is 13.1. The molecular formula is C26H34N4O6S. The number of ether oxygens (including phenoxy) is 4. The summed E-state index contributed by atoms with van der Waals surface area (Å²) in [5.41, 5.74) is 2.53. The number of aliphatic imine (C=N–C) groups is 1. The minimum Gasteiger partial charge on any atom is -0.496 e. The Morgan fingerprint density at radius 2 is 1.97 bits per heavy atom. The first kappa shape index (κ1) is 27.2. The van der Waals surface area contributed by atoms with Crippen molar-refractivity contribution in [3.8, 4) is 5.75 Å². The summed E-state index contributed by atoms with van der Waals surface area (Å²) in [5.74, 6) is 0.0741. The Bertz CT molecular complexity index is 1080. The minimum absolute atomic E-state index is 0.0874. The second-order valence-corrected chi connectivity index (χ2v) is 9.58. The Kier molecular flexibility index (Phi) is 9.62. The molecule has 3 heterocycles. The molecule has 1 N–H and O–H groups in total. The molecule has 0 bridgehead atoms. The van der Waals surface area contributed by atoms with E-state index >= 15 is 0 Å². The van der Waals surface area contributed by atoms with Crippen molar-refractivity contribution < 1.29 is 28.5 Å². The lowest BCUT2D eigenvalue weighted by Crippen LogP contribution is -2.42. The maximum absolute atomic E-state index is 13.3. The number of esters is 1. The molecule has 3 aliphatic rings. The summed E-state index contributed by atoms with van der Waals surface area (Å²) in [4.78, 5) is 35.1. The van der Waals surface area contributed by atoms with Gasteiger partial charge < -0.3 is 29.2 Å². The maximum Gasteiger partial charge on any atom is 0.338 e. The Morgan fingerprint density at radius 3 is 2.73 bits per heavy atom. The van der Waals surface area contributed by atoms with Gasteiger partial charge in [-0.15, -0.1) is 0 Å². The highest BCUT2D eigenvalue weighted by Crippen LogP contribution is 2.46. The number of nitrogens with one attached hydrogen (secondary N) is 1. The van der Waals surface area contributed by atoms with Gasteiger partial charge in [0, 0.05) is 44.5 Å². The molecule has 10 nitrogen and oxygen atoms in total.